The van der Waals surface area contributed by atoms with Gasteiger partial charge in [-0.15, -0.1) is 11.3 Å². The normalized spacial score (nSPS) is 12.4. The van der Waals surface area contributed by atoms with E-state index in [-0.39, 0.29) is 0 Å². The zero-order valence-corrected chi connectivity index (χ0v) is 13.3. The van der Waals surface area contributed by atoms with Gasteiger partial charge in [-0.05, 0) is 43.2 Å². The summed E-state index contributed by atoms with van der Waals surface area (Å²) < 4.78 is 0.875. The van der Waals surface area contributed by atoms with Crippen LogP contribution in [0.3, 0.4) is 0 Å². The van der Waals surface area contributed by atoms with Crippen molar-refractivity contribution in [2.24, 2.45) is 5.41 Å². The van der Waals surface area contributed by atoms with Crippen molar-refractivity contribution < 1.29 is 0 Å². The number of hydrogen-bond acceptors (Lipinski definition) is 3. The molecule has 1 aromatic heterocycles. The van der Waals surface area contributed by atoms with E-state index in [1.54, 1.807) is 11.3 Å². The molecule has 0 aliphatic rings. The number of rotatable bonds is 7. The van der Waals surface area contributed by atoms with E-state index in [9.17, 15) is 0 Å². The molecule has 0 N–H and O–H groups in total. The van der Waals surface area contributed by atoms with E-state index in [1.807, 2.05) is 6.07 Å². The van der Waals surface area contributed by atoms with Crippen LogP contribution in [0.25, 0.3) is 0 Å². The minimum absolute atomic E-state index is 0.346. The Bertz CT molecular complexity index is 326. The van der Waals surface area contributed by atoms with Gasteiger partial charge in [-0.1, -0.05) is 25.4 Å². The van der Waals surface area contributed by atoms with Crippen molar-refractivity contribution in [3.05, 3.63) is 21.3 Å². The molecule has 0 amide bonds. The fourth-order valence-corrected chi connectivity index (χ4v) is 3.79. The summed E-state index contributed by atoms with van der Waals surface area (Å²) in [5, 5.41) is 0. The first kappa shape index (κ1) is 15.4. The second-order valence-electron chi connectivity index (χ2n) is 4.74. The number of hydrogen-bond donors (Lipinski definition) is 1. The fraction of sp³-hybridized carbons (Fsp3) is 0.692. The molecule has 0 aromatic carbocycles. The lowest BCUT2D eigenvalue weighted by Gasteiger charge is -2.34. The summed E-state index contributed by atoms with van der Waals surface area (Å²) in [4.78, 5) is 3.71. The van der Waals surface area contributed by atoms with Gasteiger partial charge < -0.3 is 4.90 Å². The molecule has 0 saturated heterocycles. The smallest absolute Gasteiger partial charge is 0.0931 e. The lowest BCUT2D eigenvalue weighted by atomic mass is 9.84. The maximum Gasteiger partial charge on any atom is 0.0931 e. The molecule has 4 heteroatoms. The number of thiol groups is 1. The van der Waals surface area contributed by atoms with E-state index >= 15 is 0 Å². The predicted molar refractivity (Wildman–Crippen MR) is 82.5 cm³/mol. The molecule has 0 bridgehead atoms. The Morgan fingerprint density at radius 2 is 2.00 bits per heavy atom. The van der Waals surface area contributed by atoms with Crippen molar-refractivity contribution in [1.82, 2.24) is 4.90 Å². The van der Waals surface area contributed by atoms with Gasteiger partial charge in [0.25, 0.3) is 0 Å². The summed E-state index contributed by atoms with van der Waals surface area (Å²) in [7, 11) is 2.18. The molecule has 1 heterocycles. The van der Waals surface area contributed by atoms with E-state index < -0.39 is 0 Å². The Hall–Kier alpha value is 0.300. The molecule has 1 nitrogen and oxygen atoms in total. The quantitative estimate of drug-likeness (QED) is 0.720. The largest absolute Gasteiger partial charge is 0.301 e. The zero-order valence-electron chi connectivity index (χ0n) is 10.9. The monoisotopic (exact) mass is 291 g/mol. The van der Waals surface area contributed by atoms with Crippen molar-refractivity contribution in [2.75, 3.05) is 19.3 Å². The minimum atomic E-state index is 0.346. The lowest BCUT2D eigenvalue weighted by Crippen LogP contribution is -2.36. The van der Waals surface area contributed by atoms with Crippen molar-refractivity contribution in [2.45, 2.75) is 33.2 Å². The molecule has 1 aromatic rings. The van der Waals surface area contributed by atoms with Gasteiger partial charge in [0.2, 0.25) is 0 Å². The number of halogens is 1. The highest BCUT2D eigenvalue weighted by molar-refractivity contribution is 7.80. The van der Waals surface area contributed by atoms with Crippen LogP contribution in [0.4, 0.5) is 0 Å². The molecule has 1 rings (SSSR count). The molecule has 0 aliphatic carbocycles. The Morgan fingerprint density at radius 3 is 2.41 bits per heavy atom. The van der Waals surface area contributed by atoms with Gasteiger partial charge in [0, 0.05) is 18.0 Å². The third kappa shape index (κ3) is 4.47. The predicted octanol–water partition coefficient (Wildman–Crippen LogP) is 4.57. The third-order valence-corrected chi connectivity index (χ3v) is 5.38. The van der Waals surface area contributed by atoms with Crippen LogP contribution in [-0.4, -0.2) is 24.2 Å². The highest BCUT2D eigenvalue weighted by Gasteiger charge is 2.26. The van der Waals surface area contributed by atoms with Crippen molar-refractivity contribution in [3.8, 4) is 0 Å². The summed E-state index contributed by atoms with van der Waals surface area (Å²) in [5.74, 6) is 0.954. The molecular weight excluding hydrogens is 270 g/mol. The average Bonchev–Trinajstić information content (AvgIpc) is 2.72. The maximum absolute atomic E-state index is 5.95. The molecule has 0 radical (unpaired) electrons. The van der Waals surface area contributed by atoms with Crippen molar-refractivity contribution >= 4 is 35.6 Å². The number of thiophene rings is 1. The molecule has 98 valence electrons. The van der Waals surface area contributed by atoms with Gasteiger partial charge in [-0.3, -0.25) is 0 Å². The third-order valence-electron chi connectivity index (χ3n) is 3.50. The second kappa shape index (κ2) is 7.03. The van der Waals surface area contributed by atoms with Gasteiger partial charge in [0.1, 0.15) is 0 Å². The van der Waals surface area contributed by atoms with Crippen LogP contribution in [0.5, 0.6) is 0 Å². The lowest BCUT2D eigenvalue weighted by molar-refractivity contribution is 0.180. The number of nitrogens with zero attached hydrogens (tertiary/aromatic N) is 1. The standard InChI is InChI=1S/C13H22ClNS2/c1-4-13(5-2,10-16)9-15(3)8-11-6-7-12(14)17-11/h6-7,16H,4-5,8-10H2,1-3H3. The highest BCUT2D eigenvalue weighted by Crippen LogP contribution is 2.30. The van der Waals surface area contributed by atoms with Crippen LogP contribution in [-0.2, 0) is 6.54 Å². The van der Waals surface area contributed by atoms with Gasteiger partial charge in [0.15, 0.2) is 0 Å². The van der Waals surface area contributed by atoms with Crippen molar-refractivity contribution in [3.63, 3.8) is 0 Å². The molecule has 0 unspecified atom stereocenters. The SMILES string of the molecule is CCC(CC)(CS)CN(C)Cc1ccc(Cl)s1. The maximum atomic E-state index is 5.95. The molecule has 0 saturated carbocycles. The molecule has 0 fully saturated rings. The first-order chi connectivity index (χ1) is 8.05. The second-order valence-corrected chi connectivity index (χ2v) is 6.86. The van der Waals surface area contributed by atoms with Crippen LogP contribution in [0, 0.1) is 5.41 Å². The van der Waals surface area contributed by atoms with E-state index in [1.165, 1.54) is 17.7 Å². The molecule has 0 spiro atoms. The van der Waals surface area contributed by atoms with E-state index in [0.29, 0.717) is 5.41 Å². The first-order valence-corrected chi connectivity index (χ1v) is 7.91. The first-order valence-electron chi connectivity index (χ1n) is 6.09. The highest BCUT2D eigenvalue weighted by atomic mass is 35.5. The Balaban J connectivity index is 2.56. The Kier molecular flexibility index (Phi) is 6.35. The van der Waals surface area contributed by atoms with Crippen LogP contribution in [0.2, 0.25) is 4.34 Å². The average molecular weight is 292 g/mol. The summed E-state index contributed by atoms with van der Waals surface area (Å²) >= 11 is 12.1. The van der Waals surface area contributed by atoms with Crippen LogP contribution in [0.1, 0.15) is 31.6 Å². The van der Waals surface area contributed by atoms with Crippen LogP contribution < -0.4 is 0 Å². The van der Waals surface area contributed by atoms with Crippen LogP contribution >= 0.6 is 35.6 Å². The van der Waals surface area contributed by atoms with Crippen LogP contribution in [0.15, 0.2) is 12.1 Å². The molecule has 0 atom stereocenters. The molecule has 0 aliphatic heterocycles. The summed E-state index contributed by atoms with van der Waals surface area (Å²) in [6.45, 7) is 6.59. The molecule has 17 heavy (non-hydrogen) atoms. The topological polar surface area (TPSA) is 3.24 Å². The Labute approximate surface area is 120 Å². The van der Waals surface area contributed by atoms with E-state index in [0.717, 1.165) is 23.2 Å². The summed E-state index contributed by atoms with van der Waals surface area (Å²) in [6.07, 6.45) is 2.37. The Morgan fingerprint density at radius 1 is 1.35 bits per heavy atom. The van der Waals surface area contributed by atoms with Gasteiger partial charge >= 0.3 is 0 Å². The van der Waals surface area contributed by atoms with E-state index in [2.05, 4.69) is 44.5 Å². The van der Waals surface area contributed by atoms with Gasteiger partial charge in [0.05, 0.1) is 4.34 Å². The molecular formula is C13H22ClNS2. The van der Waals surface area contributed by atoms with Gasteiger partial charge in [-0.25, -0.2) is 0 Å². The van der Waals surface area contributed by atoms with Gasteiger partial charge in [-0.2, -0.15) is 12.6 Å². The summed E-state index contributed by atoms with van der Waals surface area (Å²) in [6, 6.07) is 4.09. The zero-order chi connectivity index (χ0) is 12.9. The minimum Gasteiger partial charge on any atom is -0.301 e. The summed E-state index contributed by atoms with van der Waals surface area (Å²) in [5.41, 5.74) is 0.346. The van der Waals surface area contributed by atoms with Crippen molar-refractivity contribution in [1.29, 1.82) is 0 Å². The van der Waals surface area contributed by atoms with E-state index in [4.69, 9.17) is 11.6 Å². The fourth-order valence-electron chi connectivity index (χ4n) is 2.08.